The van der Waals surface area contributed by atoms with Crippen LogP contribution in [0, 0.1) is 25.2 Å². The molecule has 0 aromatic carbocycles. The number of H-pyrrole nitrogens is 1. The zero-order valence-electron chi connectivity index (χ0n) is 11.0. The van der Waals surface area contributed by atoms with Crippen LogP contribution < -0.4 is 0 Å². The van der Waals surface area contributed by atoms with Gasteiger partial charge in [0.1, 0.15) is 17.5 Å². The lowest BCUT2D eigenvalue weighted by molar-refractivity contribution is 0.432. The number of aryl methyl sites for hydroxylation is 2. The summed E-state index contributed by atoms with van der Waals surface area (Å²) in [6.07, 6.45) is 3.42. The van der Waals surface area contributed by atoms with Crippen LogP contribution in [-0.4, -0.2) is 20.1 Å². The number of aromatic nitrogens is 4. The summed E-state index contributed by atoms with van der Waals surface area (Å²) in [6.45, 7) is 3.93. The topological polar surface area (TPSA) is 91.4 Å². The van der Waals surface area contributed by atoms with E-state index in [-0.39, 0.29) is 0 Å². The van der Waals surface area contributed by atoms with Gasteiger partial charge in [-0.2, -0.15) is 10.2 Å². The summed E-state index contributed by atoms with van der Waals surface area (Å²) in [5.41, 5.74) is 3.90. The molecule has 0 radical (unpaired) electrons. The lowest BCUT2D eigenvalue weighted by Gasteiger charge is -2.00. The van der Waals surface area contributed by atoms with Gasteiger partial charge < -0.3 is 9.51 Å². The molecule has 20 heavy (non-hydrogen) atoms. The number of nitriles is 1. The minimum Gasteiger partial charge on any atom is -0.352 e. The van der Waals surface area contributed by atoms with Crippen molar-refractivity contribution in [1.29, 1.82) is 5.26 Å². The Hall–Kier alpha value is -2.94. The van der Waals surface area contributed by atoms with Gasteiger partial charge in [0.25, 0.3) is 5.89 Å². The molecule has 1 N–H and O–H groups in total. The minimum atomic E-state index is 0.361. The summed E-state index contributed by atoms with van der Waals surface area (Å²) >= 11 is 0. The molecule has 3 heterocycles. The predicted molar refractivity (Wildman–Crippen MR) is 71.5 cm³/mol. The summed E-state index contributed by atoms with van der Waals surface area (Å²) in [5.74, 6) is 0.803. The maximum atomic E-state index is 8.79. The standard InChI is InChI=1S/C14H11N5O/c1-8-3-9(2)12(17-6-8)13-18-14(20-19-13)10-4-11(5-15)16-7-10/h3-4,6-7,16H,1-2H3. The van der Waals surface area contributed by atoms with Gasteiger partial charge in [-0.3, -0.25) is 4.98 Å². The largest absolute Gasteiger partial charge is 0.352 e. The first kappa shape index (κ1) is 12.1. The molecule has 0 spiro atoms. The van der Waals surface area contributed by atoms with Gasteiger partial charge in [-0.1, -0.05) is 11.2 Å². The normalized spacial score (nSPS) is 10.4. The smallest absolute Gasteiger partial charge is 0.259 e. The Morgan fingerprint density at radius 2 is 2.15 bits per heavy atom. The van der Waals surface area contributed by atoms with E-state index in [1.54, 1.807) is 18.5 Å². The highest BCUT2D eigenvalue weighted by atomic mass is 16.5. The second-order valence-electron chi connectivity index (χ2n) is 4.52. The molecule has 0 amide bonds. The maximum absolute atomic E-state index is 8.79. The van der Waals surface area contributed by atoms with Crippen molar-refractivity contribution in [1.82, 2.24) is 20.1 Å². The Labute approximate surface area is 115 Å². The van der Waals surface area contributed by atoms with E-state index in [9.17, 15) is 0 Å². The first-order chi connectivity index (χ1) is 9.67. The third-order valence-electron chi connectivity index (χ3n) is 2.90. The molecular formula is C14H11N5O. The van der Waals surface area contributed by atoms with Gasteiger partial charge in [0.2, 0.25) is 5.82 Å². The molecule has 0 fully saturated rings. The van der Waals surface area contributed by atoms with Crippen molar-refractivity contribution in [2.24, 2.45) is 0 Å². The fraction of sp³-hybridized carbons (Fsp3) is 0.143. The molecule has 6 nitrogen and oxygen atoms in total. The van der Waals surface area contributed by atoms with Gasteiger partial charge in [0.05, 0.1) is 5.56 Å². The Morgan fingerprint density at radius 3 is 2.85 bits per heavy atom. The van der Waals surface area contributed by atoms with Crippen LogP contribution in [0.25, 0.3) is 23.0 Å². The van der Waals surface area contributed by atoms with Gasteiger partial charge in [-0.25, -0.2) is 0 Å². The van der Waals surface area contributed by atoms with E-state index in [0.29, 0.717) is 28.7 Å². The fourth-order valence-corrected chi connectivity index (χ4v) is 1.97. The summed E-state index contributed by atoms with van der Waals surface area (Å²) in [5, 5.41) is 12.7. The quantitative estimate of drug-likeness (QED) is 0.769. The van der Waals surface area contributed by atoms with Crippen LogP contribution in [0.3, 0.4) is 0 Å². The number of pyridine rings is 1. The molecule has 3 aromatic rings. The van der Waals surface area contributed by atoms with E-state index in [1.807, 2.05) is 26.0 Å². The van der Waals surface area contributed by atoms with E-state index in [4.69, 9.17) is 9.78 Å². The second kappa shape index (κ2) is 4.63. The summed E-state index contributed by atoms with van der Waals surface area (Å²) in [7, 11) is 0. The van der Waals surface area contributed by atoms with Crippen LogP contribution in [-0.2, 0) is 0 Å². The summed E-state index contributed by atoms with van der Waals surface area (Å²) < 4.78 is 5.22. The first-order valence-electron chi connectivity index (χ1n) is 6.03. The second-order valence-corrected chi connectivity index (χ2v) is 4.52. The highest BCUT2D eigenvalue weighted by molar-refractivity contribution is 5.60. The zero-order valence-corrected chi connectivity index (χ0v) is 11.0. The van der Waals surface area contributed by atoms with Crippen molar-refractivity contribution >= 4 is 0 Å². The Bertz CT molecular complexity index is 809. The summed E-state index contributed by atoms with van der Waals surface area (Å²) in [6, 6.07) is 5.69. The Morgan fingerprint density at radius 1 is 1.30 bits per heavy atom. The fourth-order valence-electron chi connectivity index (χ4n) is 1.97. The Balaban J connectivity index is 2.00. The molecule has 98 valence electrons. The van der Waals surface area contributed by atoms with E-state index in [2.05, 4.69) is 20.1 Å². The molecule has 0 aliphatic heterocycles. The Kier molecular flexibility index (Phi) is 2.80. The van der Waals surface area contributed by atoms with Gasteiger partial charge >= 0.3 is 0 Å². The van der Waals surface area contributed by atoms with Gasteiger partial charge in [-0.05, 0) is 31.0 Å². The number of hydrogen-bond donors (Lipinski definition) is 1. The molecule has 0 aliphatic rings. The summed E-state index contributed by atoms with van der Waals surface area (Å²) in [4.78, 5) is 11.5. The number of hydrogen-bond acceptors (Lipinski definition) is 5. The SMILES string of the molecule is Cc1cnc(-c2noc(-c3c[nH]c(C#N)c3)n2)c(C)c1. The monoisotopic (exact) mass is 265 g/mol. The van der Waals surface area contributed by atoms with Crippen molar-refractivity contribution in [3.05, 3.63) is 41.3 Å². The third-order valence-corrected chi connectivity index (χ3v) is 2.90. The molecule has 3 rings (SSSR count). The van der Waals surface area contributed by atoms with Crippen LogP contribution in [0.1, 0.15) is 16.8 Å². The first-order valence-corrected chi connectivity index (χ1v) is 6.03. The maximum Gasteiger partial charge on any atom is 0.259 e. The molecule has 0 atom stereocenters. The number of rotatable bonds is 2. The lowest BCUT2D eigenvalue weighted by Crippen LogP contribution is -1.91. The van der Waals surface area contributed by atoms with Crippen molar-refractivity contribution < 1.29 is 4.52 Å². The van der Waals surface area contributed by atoms with Crippen molar-refractivity contribution in [2.45, 2.75) is 13.8 Å². The minimum absolute atomic E-state index is 0.361. The number of nitrogens with one attached hydrogen (secondary N) is 1. The van der Waals surface area contributed by atoms with Crippen molar-refractivity contribution in [3.63, 3.8) is 0 Å². The van der Waals surface area contributed by atoms with E-state index < -0.39 is 0 Å². The highest BCUT2D eigenvalue weighted by Crippen LogP contribution is 2.23. The highest BCUT2D eigenvalue weighted by Gasteiger charge is 2.14. The average molecular weight is 265 g/mol. The van der Waals surface area contributed by atoms with Crippen LogP contribution >= 0.6 is 0 Å². The van der Waals surface area contributed by atoms with Crippen LogP contribution in [0.2, 0.25) is 0 Å². The van der Waals surface area contributed by atoms with Crippen molar-refractivity contribution in [3.8, 4) is 29.0 Å². The number of aromatic amines is 1. The molecule has 3 aromatic heterocycles. The van der Waals surface area contributed by atoms with Gasteiger partial charge in [0, 0.05) is 12.4 Å². The lowest BCUT2D eigenvalue weighted by atomic mass is 10.1. The van der Waals surface area contributed by atoms with E-state index in [1.165, 1.54) is 0 Å². The molecule has 0 unspecified atom stereocenters. The molecule has 0 bridgehead atoms. The molecule has 0 aliphatic carbocycles. The molecule has 0 saturated carbocycles. The van der Waals surface area contributed by atoms with Crippen LogP contribution in [0.15, 0.2) is 29.0 Å². The predicted octanol–water partition coefficient (Wildman–Crippen LogP) is 2.62. The van der Waals surface area contributed by atoms with Crippen LogP contribution in [0.4, 0.5) is 0 Å². The van der Waals surface area contributed by atoms with Gasteiger partial charge in [0.15, 0.2) is 0 Å². The molecule has 6 heteroatoms. The van der Waals surface area contributed by atoms with E-state index >= 15 is 0 Å². The van der Waals surface area contributed by atoms with E-state index in [0.717, 1.165) is 11.1 Å². The molecule has 0 saturated heterocycles. The zero-order chi connectivity index (χ0) is 14.1. The number of nitrogens with zero attached hydrogens (tertiary/aromatic N) is 4. The third kappa shape index (κ3) is 2.06. The van der Waals surface area contributed by atoms with Crippen LogP contribution in [0.5, 0.6) is 0 Å². The average Bonchev–Trinajstić information content (AvgIpc) is 3.07. The van der Waals surface area contributed by atoms with Gasteiger partial charge in [-0.15, -0.1) is 0 Å². The van der Waals surface area contributed by atoms with Crippen molar-refractivity contribution in [2.75, 3.05) is 0 Å². The molecular weight excluding hydrogens is 254 g/mol.